The average Bonchev–Trinajstić information content (AvgIpc) is 3.40. The lowest BCUT2D eigenvalue weighted by molar-refractivity contribution is -0.117. The van der Waals surface area contributed by atoms with Gasteiger partial charge in [-0.05, 0) is 49.2 Å². The molecule has 25 heavy (non-hydrogen) atoms. The monoisotopic (exact) mass is 336 g/mol. The van der Waals surface area contributed by atoms with Gasteiger partial charge in [-0.3, -0.25) is 9.78 Å². The van der Waals surface area contributed by atoms with Crippen LogP contribution in [0.15, 0.2) is 53.3 Å². The number of carbonyl (C=O) groups is 1. The molecule has 7 nitrogen and oxygen atoms in total. The van der Waals surface area contributed by atoms with Gasteiger partial charge in [0.2, 0.25) is 11.7 Å². The average molecular weight is 336 g/mol. The van der Waals surface area contributed by atoms with Crippen LogP contribution < -0.4 is 10.1 Å². The Morgan fingerprint density at radius 2 is 1.92 bits per heavy atom. The Hall–Kier alpha value is -3.22. The molecule has 0 spiro atoms. The molecule has 1 aliphatic carbocycles. The van der Waals surface area contributed by atoms with E-state index in [1.165, 1.54) is 0 Å². The summed E-state index contributed by atoms with van der Waals surface area (Å²) < 4.78 is 10.8. The first-order chi connectivity index (χ1) is 12.3. The van der Waals surface area contributed by atoms with Crippen molar-refractivity contribution < 1.29 is 14.1 Å². The van der Waals surface area contributed by atoms with Gasteiger partial charge < -0.3 is 14.6 Å². The van der Waals surface area contributed by atoms with Gasteiger partial charge in [-0.2, -0.15) is 4.98 Å². The summed E-state index contributed by atoms with van der Waals surface area (Å²) in [6.45, 7) is 0.172. The van der Waals surface area contributed by atoms with E-state index in [4.69, 9.17) is 9.26 Å². The molecule has 1 amide bonds. The highest BCUT2D eigenvalue weighted by atomic mass is 16.5. The molecule has 3 aromatic rings. The van der Waals surface area contributed by atoms with Gasteiger partial charge >= 0.3 is 0 Å². The Bertz CT molecular complexity index is 858. The summed E-state index contributed by atoms with van der Waals surface area (Å²) in [6.07, 6.45) is 5.31. The lowest BCUT2D eigenvalue weighted by atomic mass is 10.2. The number of aromatic nitrogens is 3. The van der Waals surface area contributed by atoms with Crippen LogP contribution in [-0.4, -0.2) is 21.0 Å². The first-order valence-corrected chi connectivity index (χ1v) is 8.04. The summed E-state index contributed by atoms with van der Waals surface area (Å²) in [5.74, 6) is 1.82. The van der Waals surface area contributed by atoms with Crippen molar-refractivity contribution in [1.82, 2.24) is 15.1 Å². The van der Waals surface area contributed by atoms with Crippen LogP contribution in [-0.2, 0) is 11.4 Å². The molecule has 0 radical (unpaired) electrons. The van der Waals surface area contributed by atoms with Gasteiger partial charge in [-0.1, -0.05) is 5.16 Å². The molecule has 0 aliphatic heterocycles. The second-order valence-corrected chi connectivity index (χ2v) is 5.82. The van der Waals surface area contributed by atoms with Crippen LogP contribution >= 0.6 is 0 Å². The number of nitrogens with one attached hydrogen (secondary N) is 1. The predicted molar refractivity (Wildman–Crippen MR) is 89.7 cm³/mol. The minimum absolute atomic E-state index is 0.0863. The Morgan fingerprint density at radius 3 is 2.64 bits per heavy atom. The first kappa shape index (κ1) is 15.3. The van der Waals surface area contributed by atoms with Crippen LogP contribution in [0.5, 0.6) is 5.75 Å². The third-order valence-corrected chi connectivity index (χ3v) is 3.84. The molecule has 1 N–H and O–H groups in total. The highest BCUT2D eigenvalue weighted by Crippen LogP contribution is 2.30. The van der Waals surface area contributed by atoms with E-state index in [2.05, 4.69) is 20.4 Å². The minimum atomic E-state index is 0.0863. The van der Waals surface area contributed by atoms with Gasteiger partial charge in [-0.25, -0.2) is 0 Å². The molecule has 1 fully saturated rings. The Kier molecular flexibility index (Phi) is 4.12. The summed E-state index contributed by atoms with van der Waals surface area (Å²) in [6, 6.07) is 10.8. The van der Waals surface area contributed by atoms with Gasteiger partial charge in [0.1, 0.15) is 5.75 Å². The van der Waals surface area contributed by atoms with Crippen molar-refractivity contribution in [2.75, 3.05) is 5.32 Å². The number of carbonyl (C=O) groups excluding carboxylic acids is 1. The van der Waals surface area contributed by atoms with Crippen molar-refractivity contribution in [2.45, 2.75) is 19.4 Å². The molecule has 7 heteroatoms. The SMILES string of the molecule is O=C(Nc1ccc(OCc2nc(-c3ccncc3)no2)cc1)C1CC1. The molecule has 1 aromatic carbocycles. The van der Waals surface area contributed by atoms with Crippen molar-refractivity contribution in [3.05, 3.63) is 54.7 Å². The van der Waals surface area contributed by atoms with E-state index in [1.807, 2.05) is 24.3 Å². The van der Waals surface area contributed by atoms with Crippen LogP contribution in [0.1, 0.15) is 18.7 Å². The smallest absolute Gasteiger partial charge is 0.264 e. The van der Waals surface area contributed by atoms with E-state index in [0.29, 0.717) is 17.5 Å². The largest absolute Gasteiger partial charge is 0.484 e. The maximum absolute atomic E-state index is 11.7. The molecule has 0 atom stereocenters. The zero-order valence-corrected chi connectivity index (χ0v) is 13.4. The van der Waals surface area contributed by atoms with E-state index >= 15 is 0 Å². The zero-order chi connectivity index (χ0) is 17.1. The van der Waals surface area contributed by atoms with Crippen molar-refractivity contribution >= 4 is 11.6 Å². The fourth-order valence-electron chi connectivity index (χ4n) is 2.30. The Labute approximate surface area is 144 Å². The molecule has 126 valence electrons. The van der Waals surface area contributed by atoms with E-state index in [9.17, 15) is 4.79 Å². The molecule has 0 unspecified atom stereocenters. The molecular weight excluding hydrogens is 320 g/mol. The summed E-state index contributed by atoms with van der Waals surface area (Å²) in [5.41, 5.74) is 1.60. The highest BCUT2D eigenvalue weighted by molar-refractivity contribution is 5.94. The molecule has 0 saturated heterocycles. The molecule has 1 aliphatic rings. The predicted octanol–water partition coefficient (Wildman–Crippen LogP) is 3.06. The molecule has 0 bridgehead atoms. The van der Waals surface area contributed by atoms with Crippen LogP contribution in [0.4, 0.5) is 5.69 Å². The lowest BCUT2D eigenvalue weighted by Gasteiger charge is -2.06. The normalized spacial score (nSPS) is 13.4. The van der Waals surface area contributed by atoms with Crippen molar-refractivity contribution in [2.24, 2.45) is 5.92 Å². The summed E-state index contributed by atoms with van der Waals surface area (Å²) in [7, 11) is 0. The number of hydrogen-bond acceptors (Lipinski definition) is 6. The van der Waals surface area contributed by atoms with Crippen molar-refractivity contribution in [3.8, 4) is 17.1 Å². The third kappa shape index (κ3) is 3.82. The van der Waals surface area contributed by atoms with Crippen LogP contribution in [0.25, 0.3) is 11.4 Å². The van der Waals surface area contributed by atoms with E-state index in [0.717, 1.165) is 24.1 Å². The number of hydrogen-bond donors (Lipinski definition) is 1. The van der Waals surface area contributed by atoms with Gasteiger partial charge in [-0.15, -0.1) is 0 Å². The molecular formula is C18H16N4O3. The van der Waals surface area contributed by atoms with Gasteiger partial charge in [0.05, 0.1) is 0 Å². The Morgan fingerprint density at radius 1 is 1.16 bits per heavy atom. The molecule has 2 heterocycles. The van der Waals surface area contributed by atoms with E-state index in [1.54, 1.807) is 24.5 Å². The van der Waals surface area contributed by atoms with Crippen LogP contribution in [0, 0.1) is 5.92 Å². The second kappa shape index (κ2) is 6.72. The van der Waals surface area contributed by atoms with Gasteiger partial charge in [0, 0.05) is 29.6 Å². The van der Waals surface area contributed by atoms with E-state index in [-0.39, 0.29) is 18.4 Å². The molecule has 2 aromatic heterocycles. The van der Waals surface area contributed by atoms with Gasteiger partial charge in [0.15, 0.2) is 6.61 Å². The number of amides is 1. The standard InChI is InChI=1S/C18H16N4O3/c23-18(13-1-2-13)20-14-3-5-15(6-4-14)24-11-16-21-17(22-25-16)12-7-9-19-10-8-12/h3-10,13H,1-2,11H2,(H,20,23). The second-order valence-electron chi connectivity index (χ2n) is 5.82. The number of rotatable bonds is 6. The number of pyridine rings is 1. The number of benzene rings is 1. The minimum Gasteiger partial charge on any atom is -0.484 e. The fourth-order valence-corrected chi connectivity index (χ4v) is 2.30. The summed E-state index contributed by atoms with van der Waals surface area (Å²) in [5, 5.41) is 6.81. The fraction of sp³-hybridized carbons (Fsp3) is 0.222. The highest BCUT2D eigenvalue weighted by Gasteiger charge is 2.29. The first-order valence-electron chi connectivity index (χ1n) is 8.04. The quantitative estimate of drug-likeness (QED) is 0.744. The summed E-state index contributed by atoms with van der Waals surface area (Å²) in [4.78, 5) is 20.0. The number of nitrogens with zero attached hydrogens (tertiary/aromatic N) is 3. The Balaban J connectivity index is 1.33. The molecule has 1 saturated carbocycles. The summed E-state index contributed by atoms with van der Waals surface area (Å²) >= 11 is 0. The topological polar surface area (TPSA) is 90.1 Å². The maximum atomic E-state index is 11.7. The zero-order valence-electron chi connectivity index (χ0n) is 13.4. The van der Waals surface area contributed by atoms with Crippen LogP contribution in [0.3, 0.4) is 0 Å². The van der Waals surface area contributed by atoms with Crippen molar-refractivity contribution in [1.29, 1.82) is 0 Å². The van der Waals surface area contributed by atoms with E-state index < -0.39 is 0 Å². The van der Waals surface area contributed by atoms with Crippen molar-refractivity contribution in [3.63, 3.8) is 0 Å². The third-order valence-electron chi connectivity index (χ3n) is 3.84. The molecule has 4 rings (SSSR count). The van der Waals surface area contributed by atoms with Gasteiger partial charge in [0.25, 0.3) is 5.89 Å². The lowest BCUT2D eigenvalue weighted by Crippen LogP contribution is -2.13. The number of anilines is 1. The maximum Gasteiger partial charge on any atom is 0.264 e. The van der Waals surface area contributed by atoms with Crippen LogP contribution in [0.2, 0.25) is 0 Å². The number of ether oxygens (including phenoxy) is 1.